The number of hydrogen-bond acceptors (Lipinski definition) is 2. The summed E-state index contributed by atoms with van der Waals surface area (Å²) in [6.07, 6.45) is 0. The van der Waals surface area contributed by atoms with Crippen LogP contribution in [0.1, 0.15) is 5.56 Å². The summed E-state index contributed by atoms with van der Waals surface area (Å²) in [5.41, 5.74) is 1.22. The predicted molar refractivity (Wildman–Crippen MR) is 78.4 cm³/mol. The molecule has 1 atom stereocenters. The fraction of sp³-hybridized carbons (Fsp3) is 0.400. The molecule has 18 heavy (non-hydrogen) atoms. The monoisotopic (exact) mass is 330 g/mol. The largest absolute Gasteiger partial charge is 0.349 e. The summed E-state index contributed by atoms with van der Waals surface area (Å²) in [6, 6.07) is 6.57. The number of nitrogens with zero attached hydrogens (tertiary/aromatic N) is 2. The third-order valence-electron chi connectivity index (χ3n) is 2.19. The fourth-order valence-electron chi connectivity index (χ4n) is 1.25. The average molecular weight is 331 g/mol. The Hall–Kier alpha value is -0.140. The van der Waals surface area contributed by atoms with Gasteiger partial charge in [0.15, 0.2) is 8.86 Å². The van der Waals surface area contributed by atoms with Gasteiger partial charge >= 0.3 is 4.71 Å². The van der Waals surface area contributed by atoms with Gasteiger partial charge in [-0.2, -0.15) is 4.39 Å². The van der Waals surface area contributed by atoms with E-state index in [-0.39, 0.29) is 5.69 Å². The zero-order valence-electron chi connectivity index (χ0n) is 10.1. The summed E-state index contributed by atoms with van der Waals surface area (Å²) >= 11 is 15.8. The molecule has 0 spiro atoms. The molecular weight excluding hydrogens is 318 g/mol. The molecule has 1 unspecified atom stereocenters. The van der Waals surface area contributed by atoms with Crippen LogP contribution < -0.4 is 4.31 Å². The van der Waals surface area contributed by atoms with Crippen LogP contribution >= 0.6 is 23.2 Å². The van der Waals surface area contributed by atoms with Crippen LogP contribution in [-0.4, -0.2) is 27.3 Å². The lowest BCUT2D eigenvalue weighted by atomic mass is 10.2. The van der Waals surface area contributed by atoms with Gasteiger partial charge in [-0.1, -0.05) is 17.7 Å². The third-order valence-corrected chi connectivity index (χ3v) is 5.92. The predicted octanol–water partition coefficient (Wildman–Crippen LogP) is 3.00. The van der Waals surface area contributed by atoms with Crippen LogP contribution in [0.2, 0.25) is 0 Å². The van der Waals surface area contributed by atoms with Crippen molar-refractivity contribution in [3.8, 4) is 0 Å². The molecule has 0 amide bonds. The van der Waals surface area contributed by atoms with Crippen LogP contribution in [0.3, 0.4) is 0 Å². The van der Waals surface area contributed by atoms with Gasteiger partial charge in [-0.05, 0) is 42.3 Å². The van der Waals surface area contributed by atoms with Crippen molar-refractivity contribution < 1.29 is 8.60 Å². The van der Waals surface area contributed by atoms with Gasteiger partial charge in [0.05, 0.1) is 5.69 Å². The molecule has 102 valence electrons. The summed E-state index contributed by atoms with van der Waals surface area (Å²) < 4.78 is 25.3. The Morgan fingerprint density at radius 3 is 2.06 bits per heavy atom. The van der Waals surface area contributed by atoms with Crippen molar-refractivity contribution in [3.05, 3.63) is 29.8 Å². The van der Waals surface area contributed by atoms with Crippen molar-refractivity contribution in [1.82, 2.24) is 4.31 Å². The average Bonchev–Trinajstić information content (AvgIpc) is 2.18. The minimum atomic E-state index is -3.30. The molecule has 0 bridgehead atoms. The van der Waals surface area contributed by atoms with Crippen LogP contribution in [0.5, 0.6) is 0 Å². The molecule has 1 aromatic carbocycles. The second kappa shape index (κ2) is 5.46. The second-order valence-corrected chi connectivity index (χ2v) is 8.35. The molecule has 1 rings (SSSR count). The van der Waals surface area contributed by atoms with E-state index >= 15 is 0 Å². The van der Waals surface area contributed by atoms with E-state index < -0.39 is 13.6 Å². The van der Waals surface area contributed by atoms with Gasteiger partial charge < -0.3 is 0 Å². The maximum Gasteiger partial charge on any atom is 0.349 e. The summed E-state index contributed by atoms with van der Waals surface area (Å²) in [5, 5.41) is 0. The van der Waals surface area contributed by atoms with E-state index in [1.54, 1.807) is 24.3 Å². The molecule has 0 fully saturated rings. The van der Waals surface area contributed by atoms with Crippen molar-refractivity contribution in [3.63, 3.8) is 0 Å². The fourth-order valence-corrected chi connectivity index (χ4v) is 3.80. The standard InChI is InChI=1S/C10H13Cl2FN2OS2/c1-8-4-6-9(7-5-8)15(10(11,12)13)18(16,17)14(2)3/h4-7H,1-3H3. The molecule has 0 saturated carbocycles. The van der Waals surface area contributed by atoms with Crippen LogP contribution in [0.4, 0.5) is 10.1 Å². The van der Waals surface area contributed by atoms with Crippen LogP contribution in [0.25, 0.3) is 0 Å². The van der Waals surface area contributed by atoms with Crippen molar-refractivity contribution in [2.24, 2.45) is 0 Å². The first-order chi connectivity index (χ1) is 8.06. The third kappa shape index (κ3) is 3.45. The lowest BCUT2D eigenvalue weighted by Crippen LogP contribution is -2.46. The number of benzene rings is 1. The first-order valence-electron chi connectivity index (χ1n) is 4.93. The lowest BCUT2D eigenvalue weighted by Gasteiger charge is -2.33. The number of aryl methyl sites for hydroxylation is 1. The maximum atomic E-state index is 13.9. The van der Waals surface area contributed by atoms with Gasteiger partial charge in [0.25, 0.3) is 0 Å². The Morgan fingerprint density at radius 1 is 1.28 bits per heavy atom. The van der Waals surface area contributed by atoms with Crippen molar-refractivity contribution in [1.29, 1.82) is 0 Å². The highest BCUT2D eigenvalue weighted by Gasteiger charge is 2.40. The van der Waals surface area contributed by atoms with Crippen LogP contribution in [0.15, 0.2) is 24.3 Å². The minimum absolute atomic E-state index is 0.252. The van der Waals surface area contributed by atoms with E-state index in [0.29, 0.717) is 4.31 Å². The highest BCUT2D eigenvalue weighted by atomic mass is 35.5. The quantitative estimate of drug-likeness (QED) is 0.625. The molecule has 1 aromatic rings. The molecule has 8 heteroatoms. The maximum absolute atomic E-state index is 13.9. The minimum Gasteiger partial charge on any atom is -0.219 e. The molecule has 0 aromatic heterocycles. The molecule has 0 aliphatic rings. The Balaban J connectivity index is 3.37. The van der Waals surface area contributed by atoms with Gasteiger partial charge in [0.2, 0.25) is 0 Å². The van der Waals surface area contributed by atoms with Gasteiger partial charge in [-0.3, -0.25) is 0 Å². The first-order valence-corrected chi connectivity index (χ1v) is 8.08. The van der Waals surface area contributed by atoms with E-state index in [1.807, 2.05) is 6.92 Å². The molecule has 0 aliphatic carbocycles. The van der Waals surface area contributed by atoms with Crippen molar-refractivity contribution >= 4 is 48.9 Å². The zero-order chi connectivity index (χ0) is 14.1. The molecule has 0 N–H and O–H groups in total. The molecule has 0 saturated heterocycles. The van der Waals surface area contributed by atoms with Gasteiger partial charge in [-0.25, -0.2) is 12.8 Å². The molecular formula is C10H13Cl2FN2OS2. The molecule has 0 radical (unpaired) electrons. The Kier molecular flexibility index (Phi) is 4.83. The zero-order valence-corrected chi connectivity index (χ0v) is 13.2. The molecule has 3 nitrogen and oxygen atoms in total. The lowest BCUT2D eigenvalue weighted by molar-refractivity contribution is 0.404. The Labute approximate surface area is 121 Å². The Bertz CT molecular complexity index is 512. The van der Waals surface area contributed by atoms with Gasteiger partial charge in [-0.15, -0.1) is 0 Å². The second-order valence-electron chi connectivity index (χ2n) is 3.86. The summed E-state index contributed by atoms with van der Waals surface area (Å²) in [4.78, 5) is 0. The highest BCUT2D eigenvalue weighted by molar-refractivity contribution is 8.32. The van der Waals surface area contributed by atoms with Crippen LogP contribution in [0, 0.1) is 6.92 Å². The molecule has 0 heterocycles. The van der Waals surface area contributed by atoms with E-state index in [1.165, 1.54) is 18.4 Å². The van der Waals surface area contributed by atoms with E-state index in [2.05, 4.69) is 0 Å². The van der Waals surface area contributed by atoms with E-state index in [0.717, 1.165) is 5.56 Å². The van der Waals surface area contributed by atoms with Crippen molar-refractivity contribution in [2.45, 2.75) is 11.6 Å². The number of halogens is 3. The number of hydrogen-bond donors (Lipinski definition) is 0. The summed E-state index contributed by atoms with van der Waals surface area (Å²) in [6.45, 7) is 1.87. The number of rotatable bonds is 4. The number of alkyl halides is 3. The van der Waals surface area contributed by atoms with E-state index in [4.69, 9.17) is 34.4 Å². The normalized spacial score (nSPS) is 15.5. The smallest absolute Gasteiger partial charge is 0.219 e. The number of anilines is 1. The van der Waals surface area contributed by atoms with Gasteiger partial charge in [0, 0.05) is 25.3 Å². The molecule has 0 aliphatic heterocycles. The van der Waals surface area contributed by atoms with Crippen molar-refractivity contribution in [2.75, 3.05) is 18.4 Å². The van der Waals surface area contributed by atoms with Gasteiger partial charge in [0.1, 0.15) is 0 Å². The summed E-state index contributed by atoms with van der Waals surface area (Å²) in [7, 11) is -0.365. The topological polar surface area (TPSA) is 23.6 Å². The van der Waals surface area contributed by atoms with Crippen LogP contribution in [-0.2, 0) is 20.1 Å². The SMILES string of the molecule is Cc1ccc(N(C(F)(Cl)Cl)S(=O)(=S)N(C)C)cc1. The first kappa shape index (κ1) is 15.9. The summed E-state index contributed by atoms with van der Waals surface area (Å²) in [5.74, 6) is 0. The Morgan fingerprint density at radius 2 is 1.72 bits per heavy atom. The van der Waals surface area contributed by atoms with E-state index in [9.17, 15) is 8.60 Å². The highest BCUT2D eigenvalue weighted by Crippen LogP contribution is 2.36.